The minimum absolute atomic E-state index is 0. The van der Waals surface area contributed by atoms with Gasteiger partial charge in [0, 0.05) is 7.11 Å². The third-order valence-corrected chi connectivity index (χ3v) is 4.21. The molecule has 0 unspecified atom stereocenters. The number of fused-ring (bicyclic) bond motifs is 2. The van der Waals surface area contributed by atoms with Gasteiger partial charge in [-0.05, 0) is 51.5 Å². The van der Waals surface area contributed by atoms with E-state index in [0.29, 0.717) is 0 Å². The molecule has 0 radical (unpaired) electrons. The van der Waals surface area contributed by atoms with Crippen LogP contribution in [-0.2, 0) is 10.2 Å². The Balaban J connectivity index is 0.000000639. The number of benzene rings is 1. The standard InChI is InChI=1S/C14H18N2O.C2H6.H2/c1-10-3-4-12-11(9-10)14(13(17)15-12)5-7-16(2)8-6-14;1-2;/h3-4,9H,5-8H2,1-2H3,(H,15,17);1-2H3;1H. The lowest BCUT2D eigenvalue weighted by atomic mass is 9.73. The fourth-order valence-corrected chi connectivity index (χ4v) is 3.02. The Kier molecular flexibility index (Phi) is 3.95. The van der Waals surface area contributed by atoms with E-state index in [1.54, 1.807) is 0 Å². The average molecular weight is 262 g/mol. The first-order valence-electron chi connectivity index (χ1n) is 7.23. The summed E-state index contributed by atoms with van der Waals surface area (Å²) < 4.78 is 0. The van der Waals surface area contributed by atoms with Gasteiger partial charge in [-0.3, -0.25) is 4.79 Å². The molecule has 0 aromatic heterocycles. The van der Waals surface area contributed by atoms with E-state index in [9.17, 15) is 4.79 Å². The number of nitrogens with one attached hydrogen (secondary N) is 1. The molecule has 1 fully saturated rings. The molecular weight excluding hydrogens is 236 g/mol. The van der Waals surface area contributed by atoms with Crippen LogP contribution in [0.1, 0.15) is 39.2 Å². The number of hydrogen-bond donors (Lipinski definition) is 1. The van der Waals surface area contributed by atoms with Crippen molar-refractivity contribution in [3.63, 3.8) is 0 Å². The Hall–Kier alpha value is -1.35. The van der Waals surface area contributed by atoms with Gasteiger partial charge in [-0.2, -0.15) is 0 Å². The number of rotatable bonds is 0. The Labute approximate surface area is 117 Å². The molecule has 1 spiro atoms. The molecule has 106 valence electrons. The molecular formula is C16H26N2O. The molecule has 0 bridgehead atoms. The van der Waals surface area contributed by atoms with Gasteiger partial charge in [-0.25, -0.2) is 0 Å². The molecule has 1 aromatic rings. The lowest BCUT2D eigenvalue weighted by Crippen LogP contribution is -2.45. The highest BCUT2D eigenvalue weighted by Gasteiger charge is 2.47. The van der Waals surface area contributed by atoms with Crippen LogP contribution in [0.2, 0.25) is 0 Å². The lowest BCUT2D eigenvalue weighted by Gasteiger charge is -2.36. The summed E-state index contributed by atoms with van der Waals surface area (Å²) in [5, 5.41) is 3.04. The highest BCUT2D eigenvalue weighted by atomic mass is 16.2. The second kappa shape index (κ2) is 5.33. The summed E-state index contributed by atoms with van der Waals surface area (Å²) in [6.45, 7) is 8.09. The molecule has 1 aromatic carbocycles. The predicted molar refractivity (Wildman–Crippen MR) is 81.7 cm³/mol. The molecule has 0 atom stereocenters. The number of amides is 1. The molecule has 0 aliphatic carbocycles. The topological polar surface area (TPSA) is 32.3 Å². The third-order valence-electron chi connectivity index (χ3n) is 4.21. The van der Waals surface area contributed by atoms with Crippen molar-refractivity contribution in [3.05, 3.63) is 29.3 Å². The molecule has 3 nitrogen and oxygen atoms in total. The predicted octanol–water partition coefficient (Wildman–Crippen LogP) is 3.18. The fourth-order valence-electron chi connectivity index (χ4n) is 3.02. The maximum absolute atomic E-state index is 12.3. The van der Waals surface area contributed by atoms with Crippen LogP contribution >= 0.6 is 0 Å². The van der Waals surface area contributed by atoms with Gasteiger partial charge in [0.2, 0.25) is 5.91 Å². The highest BCUT2D eigenvalue weighted by molar-refractivity contribution is 6.06. The Morgan fingerprint density at radius 1 is 1.26 bits per heavy atom. The summed E-state index contributed by atoms with van der Waals surface area (Å²) in [5.74, 6) is 0.200. The number of likely N-dealkylation sites (tertiary alicyclic amines) is 1. The minimum Gasteiger partial charge on any atom is -0.325 e. The number of anilines is 1. The van der Waals surface area contributed by atoms with Crippen LogP contribution in [0.5, 0.6) is 0 Å². The molecule has 1 amide bonds. The van der Waals surface area contributed by atoms with Gasteiger partial charge < -0.3 is 10.2 Å². The third kappa shape index (κ3) is 2.27. The van der Waals surface area contributed by atoms with Crippen LogP contribution in [0, 0.1) is 6.92 Å². The van der Waals surface area contributed by atoms with E-state index in [4.69, 9.17) is 0 Å². The zero-order valence-electron chi connectivity index (χ0n) is 12.4. The van der Waals surface area contributed by atoms with Crippen LogP contribution in [0.3, 0.4) is 0 Å². The number of aryl methyl sites for hydroxylation is 1. The van der Waals surface area contributed by atoms with Crippen molar-refractivity contribution < 1.29 is 6.22 Å². The Bertz CT molecular complexity index is 479. The van der Waals surface area contributed by atoms with E-state index in [-0.39, 0.29) is 12.7 Å². The minimum atomic E-state index is -0.256. The van der Waals surface area contributed by atoms with Crippen LogP contribution < -0.4 is 5.32 Å². The smallest absolute Gasteiger partial charge is 0.235 e. The summed E-state index contributed by atoms with van der Waals surface area (Å²) in [6, 6.07) is 6.28. The maximum Gasteiger partial charge on any atom is 0.235 e. The number of hydrogen-bond acceptors (Lipinski definition) is 2. The van der Waals surface area contributed by atoms with Gasteiger partial charge in [0.25, 0.3) is 0 Å². The van der Waals surface area contributed by atoms with Gasteiger partial charge in [-0.1, -0.05) is 31.5 Å². The van der Waals surface area contributed by atoms with Crippen molar-refractivity contribution >= 4 is 11.6 Å². The molecule has 3 heteroatoms. The van der Waals surface area contributed by atoms with Gasteiger partial charge in [0.05, 0.1) is 5.41 Å². The first-order valence-corrected chi connectivity index (χ1v) is 7.23. The molecule has 3 rings (SSSR count). The number of carbonyl (C=O) groups excluding carboxylic acids is 1. The van der Waals surface area contributed by atoms with Crippen molar-refractivity contribution in [2.75, 3.05) is 25.5 Å². The van der Waals surface area contributed by atoms with Crippen LogP contribution in [0.4, 0.5) is 5.69 Å². The van der Waals surface area contributed by atoms with Crippen molar-refractivity contribution in [1.82, 2.24) is 4.90 Å². The monoisotopic (exact) mass is 262 g/mol. The molecule has 2 heterocycles. The van der Waals surface area contributed by atoms with Gasteiger partial charge in [0.15, 0.2) is 0 Å². The van der Waals surface area contributed by atoms with Gasteiger partial charge >= 0.3 is 0 Å². The summed E-state index contributed by atoms with van der Waals surface area (Å²) >= 11 is 0. The molecule has 1 N–H and O–H groups in total. The molecule has 2 aliphatic rings. The number of piperidine rings is 1. The van der Waals surface area contributed by atoms with Gasteiger partial charge in [-0.15, -0.1) is 0 Å². The molecule has 0 saturated carbocycles. The van der Waals surface area contributed by atoms with Crippen LogP contribution in [0.25, 0.3) is 0 Å². The summed E-state index contributed by atoms with van der Waals surface area (Å²) in [6.07, 6.45) is 1.87. The first-order chi connectivity index (χ1) is 9.12. The van der Waals surface area contributed by atoms with Crippen molar-refractivity contribution in [3.8, 4) is 0 Å². The quantitative estimate of drug-likeness (QED) is 0.779. The number of carbonyl (C=O) groups is 1. The molecule has 1 saturated heterocycles. The van der Waals surface area contributed by atoms with Crippen molar-refractivity contribution in [2.24, 2.45) is 0 Å². The van der Waals surface area contributed by atoms with Crippen LogP contribution in [0.15, 0.2) is 18.2 Å². The van der Waals surface area contributed by atoms with E-state index >= 15 is 0 Å². The Morgan fingerprint density at radius 2 is 1.89 bits per heavy atom. The highest BCUT2D eigenvalue weighted by Crippen LogP contribution is 2.44. The van der Waals surface area contributed by atoms with Crippen molar-refractivity contribution in [1.29, 1.82) is 0 Å². The summed E-state index contributed by atoms with van der Waals surface area (Å²) in [7, 11) is 2.12. The van der Waals surface area contributed by atoms with E-state index in [0.717, 1.165) is 31.6 Å². The second-order valence-electron chi connectivity index (χ2n) is 5.39. The second-order valence-corrected chi connectivity index (χ2v) is 5.39. The summed E-state index contributed by atoms with van der Waals surface area (Å²) in [4.78, 5) is 14.6. The molecule has 19 heavy (non-hydrogen) atoms. The van der Waals surface area contributed by atoms with E-state index in [1.807, 2.05) is 19.9 Å². The van der Waals surface area contributed by atoms with E-state index in [1.165, 1.54) is 11.1 Å². The van der Waals surface area contributed by atoms with E-state index in [2.05, 4.69) is 36.3 Å². The molecule has 2 aliphatic heterocycles. The number of nitrogens with zero attached hydrogens (tertiary/aromatic N) is 1. The zero-order valence-corrected chi connectivity index (χ0v) is 12.4. The average Bonchev–Trinajstić information content (AvgIpc) is 2.69. The normalized spacial score (nSPS) is 20.5. The van der Waals surface area contributed by atoms with E-state index < -0.39 is 0 Å². The lowest BCUT2D eigenvalue weighted by molar-refractivity contribution is -0.122. The maximum atomic E-state index is 12.3. The van der Waals surface area contributed by atoms with Crippen molar-refractivity contribution in [2.45, 2.75) is 39.0 Å². The first kappa shape index (κ1) is 14.1. The zero-order chi connectivity index (χ0) is 14.0. The SMILES string of the molecule is CC.Cc1ccc2c(c1)C1(CCN(C)CC1)C(=O)N2.[HH]. The largest absolute Gasteiger partial charge is 0.325 e. The Morgan fingerprint density at radius 3 is 2.53 bits per heavy atom. The fraction of sp³-hybridized carbons (Fsp3) is 0.562. The van der Waals surface area contributed by atoms with Crippen LogP contribution in [-0.4, -0.2) is 30.9 Å². The summed E-state index contributed by atoms with van der Waals surface area (Å²) in [5.41, 5.74) is 3.22. The van der Waals surface area contributed by atoms with Gasteiger partial charge in [0.1, 0.15) is 0 Å².